The van der Waals surface area contributed by atoms with E-state index in [0.29, 0.717) is 16.9 Å². The second kappa shape index (κ2) is 6.63. The van der Waals surface area contributed by atoms with Gasteiger partial charge in [-0.1, -0.05) is 12.1 Å². The molecule has 0 bridgehead atoms. The van der Waals surface area contributed by atoms with Crippen molar-refractivity contribution in [3.05, 3.63) is 64.7 Å². The molecule has 0 radical (unpaired) electrons. The fourth-order valence-electron chi connectivity index (χ4n) is 2.84. The number of carboxylic acid groups (broad SMARTS) is 1. The van der Waals surface area contributed by atoms with Crippen LogP contribution in [0.4, 0.5) is 0 Å². The lowest BCUT2D eigenvalue weighted by Gasteiger charge is -2.31. The second-order valence-electron chi connectivity index (χ2n) is 6.86. The van der Waals surface area contributed by atoms with E-state index in [1.807, 2.05) is 13.8 Å². The van der Waals surface area contributed by atoms with Crippen LogP contribution in [0.3, 0.4) is 0 Å². The smallest absolute Gasteiger partial charge is 0.335 e. The van der Waals surface area contributed by atoms with E-state index in [2.05, 4.69) is 5.32 Å². The molecule has 0 aromatic heterocycles. The van der Waals surface area contributed by atoms with Crippen LogP contribution in [0.2, 0.25) is 0 Å². The van der Waals surface area contributed by atoms with Gasteiger partial charge in [0.1, 0.15) is 11.4 Å². The van der Waals surface area contributed by atoms with Crippen molar-refractivity contribution in [2.45, 2.75) is 32.4 Å². The second-order valence-corrected chi connectivity index (χ2v) is 6.86. The molecule has 0 saturated carbocycles. The fourth-order valence-corrected chi connectivity index (χ4v) is 2.84. The number of fused-ring (bicyclic) bond motifs is 1. The molecule has 2 aromatic rings. The van der Waals surface area contributed by atoms with Crippen LogP contribution in [0.15, 0.2) is 42.5 Å². The van der Waals surface area contributed by atoms with Gasteiger partial charge in [0.2, 0.25) is 0 Å². The van der Waals surface area contributed by atoms with Gasteiger partial charge in [0.25, 0.3) is 5.91 Å². The quantitative estimate of drug-likeness (QED) is 0.881. The zero-order chi connectivity index (χ0) is 18.9. The number of Topliss-reactive ketones (excluding diaryl/α,β-unsaturated/α-hetero) is 1. The Kier molecular flexibility index (Phi) is 4.50. The van der Waals surface area contributed by atoms with Crippen molar-refractivity contribution in [2.75, 3.05) is 0 Å². The molecule has 0 fully saturated rings. The zero-order valence-corrected chi connectivity index (χ0v) is 14.5. The van der Waals surface area contributed by atoms with Crippen molar-refractivity contribution in [3.8, 4) is 5.75 Å². The van der Waals surface area contributed by atoms with Crippen molar-refractivity contribution < 1.29 is 24.2 Å². The number of ketones is 1. The summed E-state index contributed by atoms with van der Waals surface area (Å²) >= 11 is 0. The van der Waals surface area contributed by atoms with E-state index < -0.39 is 11.6 Å². The Morgan fingerprint density at radius 3 is 2.42 bits per heavy atom. The predicted molar refractivity (Wildman–Crippen MR) is 94.7 cm³/mol. The summed E-state index contributed by atoms with van der Waals surface area (Å²) in [4.78, 5) is 35.5. The third-order valence-corrected chi connectivity index (χ3v) is 4.17. The van der Waals surface area contributed by atoms with E-state index in [1.165, 1.54) is 12.1 Å². The van der Waals surface area contributed by atoms with Gasteiger partial charge >= 0.3 is 5.97 Å². The first-order valence-electron chi connectivity index (χ1n) is 8.22. The molecule has 0 unspecified atom stereocenters. The number of carbonyl (C=O) groups excluding carboxylic acids is 2. The van der Waals surface area contributed by atoms with Gasteiger partial charge in [0, 0.05) is 12.1 Å². The summed E-state index contributed by atoms with van der Waals surface area (Å²) in [5.74, 6) is -0.861. The molecule has 6 heteroatoms. The van der Waals surface area contributed by atoms with Gasteiger partial charge < -0.3 is 15.2 Å². The Labute approximate surface area is 150 Å². The Balaban J connectivity index is 1.70. The number of hydrogen-bond donors (Lipinski definition) is 2. The molecule has 0 saturated heterocycles. The van der Waals surface area contributed by atoms with Crippen molar-refractivity contribution >= 4 is 17.7 Å². The van der Waals surface area contributed by atoms with Crippen LogP contribution < -0.4 is 10.1 Å². The standard InChI is InChI=1S/C20H19NO5/c1-20(2)10-16(22)15-9-14(7-8-17(15)26-20)18(23)21-11-12-3-5-13(6-4-12)19(24)25/h3-9H,10-11H2,1-2H3,(H,21,23)(H,24,25). The maximum absolute atomic E-state index is 12.4. The van der Waals surface area contributed by atoms with E-state index in [4.69, 9.17) is 9.84 Å². The Morgan fingerprint density at radius 2 is 1.77 bits per heavy atom. The largest absolute Gasteiger partial charge is 0.487 e. The molecule has 0 atom stereocenters. The first kappa shape index (κ1) is 17.7. The van der Waals surface area contributed by atoms with Gasteiger partial charge in [-0.2, -0.15) is 0 Å². The third-order valence-electron chi connectivity index (χ3n) is 4.17. The van der Waals surface area contributed by atoms with Crippen molar-refractivity contribution in [2.24, 2.45) is 0 Å². The van der Waals surface area contributed by atoms with E-state index in [9.17, 15) is 14.4 Å². The number of hydrogen-bond acceptors (Lipinski definition) is 4. The summed E-state index contributed by atoms with van der Waals surface area (Å²) in [5.41, 5.74) is 1.22. The fraction of sp³-hybridized carbons (Fsp3) is 0.250. The molecule has 26 heavy (non-hydrogen) atoms. The third kappa shape index (κ3) is 3.74. The zero-order valence-electron chi connectivity index (χ0n) is 14.5. The molecular weight excluding hydrogens is 334 g/mol. The molecule has 0 aliphatic carbocycles. The summed E-state index contributed by atoms with van der Waals surface area (Å²) < 4.78 is 5.78. The molecule has 2 N–H and O–H groups in total. The molecule has 3 rings (SSSR count). The molecule has 1 amide bonds. The van der Waals surface area contributed by atoms with Gasteiger partial charge in [0.15, 0.2) is 5.78 Å². The van der Waals surface area contributed by atoms with E-state index in [1.54, 1.807) is 30.3 Å². The topological polar surface area (TPSA) is 92.7 Å². The summed E-state index contributed by atoms with van der Waals surface area (Å²) in [6.07, 6.45) is 0.265. The van der Waals surface area contributed by atoms with E-state index >= 15 is 0 Å². The number of rotatable bonds is 4. The summed E-state index contributed by atoms with van der Waals surface area (Å²) in [7, 11) is 0. The van der Waals surface area contributed by atoms with Crippen LogP contribution in [0, 0.1) is 0 Å². The van der Waals surface area contributed by atoms with Crippen LogP contribution in [0.1, 0.15) is 56.9 Å². The Hall–Kier alpha value is -3.15. The number of aromatic carboxylic acids is 1. The summed E-state index contributed by atoms with van der Waals surface area (Å²) in [5, 5.41) is 11.6. The van der Waals surface area contributed by atoms with E-state index in [-0.39, 0.29) is 30.2 Å². The van der Waals surface area contributed by atoms with Gasteiger partial charge in [-0.15, -0.1) is 0 Å². The van der Waals surface area contributed by atoms with Crippen LogP contribution in [0.25, 0.3) is 0 Å². The Bertz CT molecular complexity index is 884. The molecule has 134 valence electrons. The normalized spacial score (nSPS) is 14.9. The summed E-state index contributed by atoms with van der Waals surface area (Å²) in [6, 6.07) is 11.1. The number of benzene rings is 2. The molecule has 2 aromatic carbocycles. The first-order chi connectivity index (χ1) is 12.2. The monoisotopic (exact) mass is 353 g/mol. The highest BCUT2D eigenvalue weighted by Gasteiger charge is 2.32. The molecule has 1 heterocycles. The number of ether oxygens (including phenoxy) is 1. The highest BCUT2D eigenvalue weighted by molar-refractivity contribution is 6.03. The minimum Gasteiger partial charge on any atom is -0.487 e. The van der Waals surface area contributed by atoms with Crippen molar-refractivity contribution in [1.29, 1.82) is 0 Å². The number of carboxylic acids is 1. The molecule has 6 nitrogen and oxygen atoms in total. The van der Waals surface area contributed by atoms with Crippen LogP contribution in [-0.2, 0) is 6.54 Å². The van der Waals surface area contributed by atoms with Gasteiger partial charge in [0.05, 0.1) is 17.5 Å². The highest BCUT2D eigenvalue weighted by Crippen LogP contribution is 2.33. The minimum atomic E-state index is -0.996. The Morgan fingerprint density at radius 1 is 1.12 bits per heavy atom. The van der Waals surface area contributed by atoms with Crippen molar-refractivity contribution in [3.63, 3.8) is 0 Å². The van der Waals surface area contributed by atoms with Gasteiger partial charge in [-0.05, 0) is 49.7 Å². The number of carbonyl (C=O) groups is 3. The average Bonchev–Trinajstić information content (AvgIpc) is 2.58. The number of nitrogens with one attached hydrogen (secondary N) is 1. The van der Waals surface area contributed by atoms with Crippen LogP contribution in [-0.4, -0.2) is 28.4 Å². The summed E-state index contributed by atoms with van der Waals surface area (Å²) in [6.45, 7) is 3.96. The lowest BCUT2D eigenvalue weighted by Crippen LogP contribution is -2.36. The predicted octanol–water partition coefficient (Wildman–Crippen LogP) is 3.06. The van der Waals surface area contributed by atoms with E-state index in [0.717, 1.165) is 5.56 Å². The van der Waals surface area contributed by atoms with Gasteiger partial charge in [-0.25, -0.2) is 4.79 Å². The lowest BCUT2D eigenvalue weighted by molar-refractivity contribution is 0.0618. The SMILES string of the molecule is CC1(C)CC(=O)c2cc(C(=O)NCc3ccc(C(=O)O)cc3)ccc2O1. The van der Waals surface area contributed by atoms with Crippen LogP contribution >= 0.6 is 0 Å². The molecular formula is C20H19NO5. The van der Waals surface area contributed by atoms with Gasteiger partial charge in [-0.3, -0.25) is 9.59 Å². The van der Waals surface area contributed by atoms with Crippen molar-refractivity contribution in [1.82, 2.24) is 5.32 Å². The average molecular weight is 353 g/mol. The molecule has 1 aliphatic rings. The maximum atomic E-state index is 12.4. The van der Waals surface area contributed by atoms with Crippen LogP contribution in [0.5, 0.6) is 5.75 Å². The minimum absolute atomic E-state index is 0.0461. The highest BCUT2D eigenvalue weighted by atomic mass is 16.5. The lowest BCUT2D eigenvalue weighted by atomic mass is 9.92. The molecule has 1 aliphatic heterocycles. The first-order valence-corrected chi connectivity index (χ1v) is 8.22. The maximum Gasteiger partial charge on any atom is 0.335 e. The number of amides is 1. The molecule has 0 spiro atoms.